The maximum absolute atomic E-state index is 5.53. The van der Waals surface area contributed by atoms with Crippen LogP contribution in [0, 0.1) is 0 Å². The van der Waals surface area contributed by atoms with Crippen LogP contribution < -0.4 is 16.2 Å². The fraction of sp³-hybridized carbons (Fsp3) is 0.333. The molecule has 1 rings (SSSR count). The minimum absolute atomic E-state index is 0.483. The minimum Gasteiger partial charge on any atom is -0.496 e. The molecule has 0 fully saturated rings. The van der Waals surface area contributed by atoms with Gasteiger partial charge in [-0.05, 0) is 17.7 Å². The summed E-state index contributed by atoms with van der Waals surface area (Å²) in [6.07, 6.45) is 0. The average molecular weight is 166 g/mol. The molecule has 0 radical (unpaired) electrons. The second kappa shape index (κ2) is 4.09. The van der Waals surface area contributed by atoms with E-state index in [9.17, 15) is 0 Å². The SMILES string of the molecule is COc1ccc(CN)cc1CN. The highest BCUT2D eigenvalue weighted by molar-refractivity contribution is 5.37. The van der Waals surface area contributed by atoms with Gasteiger partial charge in [0.25, 0.3) is 0 Å². The fourth-order valence-corrected chi connectivity index (χ4v) is 1.12. The molecule has 3 heteroatoms. The molecule has 0 aliphatic rings. The second-order valence-corrected chi connectivity index (χ2v) is 2.55. The van der Waals surface area contributed by atoms with E-state index in [2.05, 4.69) is 0 Å². The van der Waals surface area contributed by atoms with Crippen molar-refractivity contribution in [1.29, 1.82) is 0 Å². The van der Waals surface area contributed by atoms with Crippen LogP contribution in [0.3, 0.4) is 0 Å². The van der Waals surface area contributed by atoms with Crippen LogP contribution in [0.1, 0.15) is 11.1 Å². The lowest BCUT2D eigenvalue weighted by molar-refractivity contribution is 0.409. The van der Waals surface area contributed by atoms with E-state index in [1.807, 2.05) is 18.2 Å². The zero-order valence-corrected chi connectivity index (χ0v) is 7.21. The normalized spacial score (nSPS) is 9.92. The highest BCUT2D eigenvalue weighted by Gasteiger charge is 2.00. The molecule has 0 spiro atoms. The Morgan fingerprint density at radius 3 is 2.50 bits per heavy atom. The summed E-state index contributed by atoms with van der Waals surface area (Å²) in [5.41, 5.74) is 13.1. The molecule has 3 nitrogen and oxygen atoms in total. The summed E-state index contributed by atoms with van der Waals surface area (Å²) in [7, 11) is 1.64. The van der Waals surface area contributed by atoms with E-state index in [0.717, 1.165) is 16.9 Å². The van der Waals surface area contributed by atoms with E-state index >= 15 is 0 Å². The van der Waals surface area contributed by atoms with Crippen molar-refractivity contribution in [2.24, 2.45) is 11.5 Å². The highest BCUT2D eigenvalue weighted by Crippen LogP contribution is 2.18. The van der Waals surface area contributed by atoms with E-state index in [1.54, 1.807) is 7.11 Å². The van der Waals surface area contributed by atoms with Crippen molar-refractivity contribution >= 4 is 0 Å². The summed E-state index contributed by atoms with van der Waals surface area (Å²) in [4.78, 5) is 0. The van der Waals surface area contributed by atoms with Crippen LogP contribution in [0.4, 0.5) is 0 Å². The third-order valence-electron chi connectivity index (χ3n) is 1.80. The van der Waals surface area contributed by atoms with Crippen molar-refractivity contribution in [1.82, 2.24) is 0 Å². The van der Waals surface area contributed by atoms with Crippen LogP contribution in [0.5, 0.6) is 5.75 Å². The Morgan fingerprint density at radius 1 is 1.25 bits per heavy atom. The molecule has 0 unspecified atom stereocenters. The van der Waals surface area contributed by atoms with E-state index in [-0.39, 0.29) is 0 Å². The molecule has 4 N–H and O–H groups in total. The summed E-state index contributed by atoms with van der Waals surface area (Å²) in [5.74, 6) is 0.828. The third-order valence-corrected chi connectivity index (χ3v) is 1.80. The van der Waals surface area contributed by atoms with Crippen molar-refractivity contribution in [3.8, 4) is 5.75 Å². The van der Waals surface area contributed by atoms with Crippen molar-refractivity contribution < 1.29 is 4.74 Å². The molecule has 0 saturated heterocycles. The topological polar surface area (TPSA) is 61.3 Å². The van der Waals surface area contributed by atoms with Gasteiger partial charge in [0.15, 0.2) is 0 Å². The Kier molecular flexibility index (Phi) is 3.08. The van der Waals surface area contributed by atoms with Crippen LogP contribution in [-0.2, 0) is 13.1 Å². The number of benzene rings is 1. The van der Waals surface area contributed by atoms with Gasteiger partial charge in [-0.3, -0.25) is 0 Å². The largest absolute Gasteiger partial charge is 0.496 e. The van der Waals surface area contributed by atoms with Gasteiger partial charge < -0.3 is 16.2 Å². The van der Waals surface area contributed by atoms with Gasteiger partial charge in [-0.15, -0.1) is 0 Å². The van der Waals surface area contributed by atoms with E-state index in [4.69, 9.17) is 16.2 Å². The molecule has 0 amide bonds. The Morgan fingerprint density at radius 2 is 2.00 bits per heavy atom. The monoisotopic (exact) mass is 166 g/mol. The third kappa shape index (κ3) is 1.75. The molecule has 66 valence electrons. The lowest BCUT2D eigenvalue weighted by Crippen LogP contribution is -2.03. The van der Waals surface area contributed by atoms with Gasteiger partial charge in [0.2, 0.25) is 0 Å². The van der Waals surface area contributed by atoms with E-state index in [1.165, 1.54) is 0 Å². The van der Waals surface area contributed by atoms with Crippen molar-refractivity contribution in [2.75, 3.05) is 7.11 Å². The summed E-state index contributed by atoms with van der Waals surface area (Å²) in [5, 5.41) is 0. The van der Waals surface area contributed by atoms with Gasteiger partial charge in [0, 0.05) is 18.7 Å². The summed E-state index contributed by atoms with van der Waals surface area (Å²) in [6.45, 7) is 1.02. The van der Waals surface area contributed by atoms with Crippen molar-refractivity contribution in [2.45, 2.75) is 13.1 Å². The predicted molar refractivity (Wildman–Crippen MR) is 48.8 cm³/mol. The number of nitrogens with two attached hydrogens (primary N) is 2. The number of ether oxygens (including phenoxy) is 1. The summed E-state index contributed by atoms with van der Waals surface area (Å²) in [6, 6.07) is 5.81. The molecule has 0 saturated carbocycles. The first-order valence-corrected chi connectivity index (χ1v) is 3.87. The molecule has 1 aromatic carbocycles. The van der Waals surface area contributed by atoms with Gasteiger partial charge in [-0.25, -0.2) is 0 Å². The van der Waals surface area contributed by atoms with Gasteiger partial charge in [0.1, 0.15) is 5.75 Å². The molecule has 0 aromatic heterocycles. The molecule has 0 aliphatic heterocycles. The maximum Gasteiger partial charge on any atom is 0.123 e. The van der Waals surface area contributed by atoms with Gasteiger partial charge in [-0.1, -0.05) is 6.07 Å². The summed E-state index contributed by atoms with van der Waals surface area (Å²) < 4.78 is 5.11. The Labute approximate surface area is 72.3 Å². The van der Waals surface area contributed by atoms with E-state index < -0.39 is 0 Å². The first-order valence-electron chi connectivity index (χ1n) is 3.87. The first kappa shape index (κ1) is 9.03. The van der Waals surface area contributed by atoms with Gasteiger partial charge in [-0.2, -0.15) is 0 Å². The minimum atomic E-state index is 0.483. The standard InChI is InChI=1S/C9H14N2O/c1-12-9-3-2-7(5-10)4-8(9)6-11/h2-4H,5-6,10-11H2,1H3. The molecule has 0 aliphatic carbocycles. The molecular weight excluding hydrogens is 152 g/mol. The average Bonchev–Trinajstić information content (AvgIpc) is 2.16. The van der Waals surface area contributed by atoms with E-state index in [0.29, 0.717) is 13.1 Å². The summed E-state index contributed by atoms with van der Waals surface area (Å²) >= 11 is 0. The Bertz CT molecular complexity index is 261. The highest BCUT2D eigenvalue weighted by atomic mass is 16.5. The number of rotatable bonds is 3. The van der Waals surface area contributed by atoms with Crippen molar-refractivity contribution in [3.05, 3.63) is 29.3 Å². The Hall–Kier alpha value is -1.06. The second-order valence-electron chi connectivity index (χ2n) is 2.55. The van der Waals surface area contributed by atoms with Crippen LogP contribution in [0.2, 0.25) is 0 Å². The van der Waals surface area contributed by atoms with Crippen LogP contribution in [-0.4, -0.2) is 7.11 Å². The molecule has 0 heterocycles. The predicted octanol–water partition coefficient (Wildman–Crippen LogP) is 0.613. The first-order chi connectivity index (χ1) is 5.81. The molecule has 0 atom stereocenters. The molecule has 1 aromatic rings. The number of methoxy groups -OCH3 is 1. The lowest BCUT2D eigenvalue weighted by Gasteiger charge is -2.07. The molecule has 12 heavy (non-hydrogen) atoms. The zero-order valence-electron chi connectivity index (χ0n) is 7.21. The maximum atomic E-state index is 5.53. The fourth-order valence-electron chi connectivity index (χ4n) is 1.12. The lowest BCUT2D eigenvalue weighted by atomic mass is 10.1. The quantitative estimate of drug-likeness (QED) is 0.691. The Balaban J connectivity index is 3.02. The number of hydrogen-bond donors (Lipinski definition) is 2. The van der Waals surface area contributed by atoms with Crippen LogP contribution >= 0.6 is 0 Å². The van der Waals surface area contributed by atoms with Crippen molar-refractivity contribution in [3.63, 3.8) is 0 Å². The molecule has 0 bridgehead atoms. The van der Waals surface area contributed by atoms with Crippen LogP contribution in [0.25, 0.3) is 0 Å². The zero-order chi connectivity index (χ0) is 8.97. The molecular formula is C9H14N2O. The smallest absolute Gasteiger partial charge is 0.123 e. The van der Waals surface area contributed by atoms with Gasteiger partial charge in [0.05, 0.1) is 7.11 Å². The van der Waals surface area contributed by atoms with Gasteiger partial charge >= 0.3 is 0 Å². The van der Waals surface area contributed by atoms with Crippen LogP contribution in [0.15, 0.2) is 18.2 Å². The number of hydrogen-bond acceptors (Lipinski definition) is 3.